The number of amides is 2. The first-order valence-electron chi connectivity index (χ1n) is 19.4. The van der Waals surface area contributed by atoms with Gasteiger partial charge in [-0.1, -0.05) is 32.0 Å². The average molecular weight is 916 g/mol. The van der Waals surface area contributed by atoms with Crippen LogP contribution < -0.4 is 16.2 Å². The summed E-state index contributed by atoms with van der Waals surface area (Å²) in [7, 11) is -6.17. The first-order chi connectivity index (χ1) is 30.5. The maximum Gasteiger partial charge on any atom is 0.333 e. The maximum atomic E-state index is 13.0. The minimum Gasteiger partial charge on any atom is -0.396 e. The van der Waals surface area contributed by atoms with Gasteiger partial charge in [0.1, 0.15) is 30.9 Å². The molecule has 27 heteroatoms. The first-order valence-corrected chi connectivity index (χ1v) is 21.8. The van der Waals surface area contributed by atoms with Crippen molar-refractivity contribution >= 4 is 62.8 Å². The summed E-state index contributed by atoms with van der Waals surface area (Å²) in [5.74, 6) is -3.36. The van der Waals surface area contributed by atoms with Crippen LogP contribution in [0.2, 0.25) is 0 Å². The molecule has 0 saturated carbocycles. The van der Waals surface area contributed by atoms with Crippen LogP contribution in [0, 0.1) is 29.1 Å². The van der Waals surface area contributed by atoms with Crippen molar-refractivity contribution < 1.29 is 61.9 Å². The van der Waals surface area contributed by atoms with Gasteiger partial charge in [-0.05, 0) is 12.1 Å². The summed E-state index contributed by atoms with van der Waals surface area (Å²) >= 11 is 0. The van der Waals surface area contributed by atoms with E-state index in [0.717, 1.165) is 0 Å². The number of nitriles is 1. The number of H-pyrrole nitrogens is 1. The standard InChI is InChI=1S/C36H43N11O14P2/c1-18(2)31(51)44-36-43-30-25(33(53)45-36)41-17-47(30)35-27(20(11-48)22(13-50)58-35)61-63(56-10-6-9-37)57-14-23-26(60-62(54)55)21(12-49)34(59-23)46-16-40-24-28(38-15-39-29(24)46)42-32(52)19-7-4-3-5-8-19/h3-5,7-8,15-18,20-23,26-27,34-35,48-50,62H,6,10-14H2,1-2H3,(H,54,55)(H,38,39,42,52)(H2,43,44,45,51,53). The number of imidazole rings is 2. The van der Waals surface area contributed by atoms with Crippen LogP contribution >= 0.6 is 16.9 Å². The zero-order valence-electron chi connectivity index (χ0n) is 33.5. The quantitative estimate of drug-likeness (QED) is 0.0451. The van der Waals surface area contributed by atoms with Crippen molar-refractivity contribution in [2.75, 3.05) is 43.7 Å². The van der Waals surface area contributed by atoms with Crippen LogP contribution in [0.4, 0.5) is 11.8 Å². The van der Waals surface area contributed by atoms with E-state index in [1.165, 1.54) is 28.1 Å². The van der Waals surface area contributed by atoms with Gasteiger partial charge >= 0.3 is 16.9 Å². The Hall–Kier alpha value is -5.19. The van der Waals surface area contributed by atoms with Gasteiger partial charge in [0.2, 0.25) is 11.9 Å². The van der Waals surface area contributed by atoms with E-state index in [1.807, 2.05) is 6.07 Å². The summed E-state index contributed by atoms with van der Waals surface area (Å²) in [6.45, 7) is 0.893. The predicted molar refractivity (Wildman–Crippen MR) is 217 cm³/mol. The summed E-state index contributed by atoms with van der Waals surface area (Å²) in [4.78, 5) is 72.3. The molecule has 2 saturated heterocycles. The van der Waals surface area contributed by atoms with Crippen LogP contribution in [0.5, 0.6) is 0 Å². The number of carbonyl (C=O) groups is 2. The fourth-order valence-electron chi connectivity index (χ4n) is 7.04. The smallest absolute Gasteiger partial charge is 0.333 e. The summed E-state index contributed by atoms with van der Waals surface area (Å²) in [5.41, 5.74) is -0.118. The highest BCUT2D eigenvalue weighted by atomic mass is 31.2. The normalized spacial score (nSPS) is 24.5. The molecular weight excluding hydrogens is 872 g/mol. The Morgan fingerprint density at radius 3 is 2.33 bits per heavy atom. The van der Waals surface area contributed by atoms with E-state index in [1.54, 1.807) is 44.2 Å². The molecule has 0 bridgehead atoms. The Balaban J connectivity index is 1.15. The van der Waals surface area contributed by atoms with E-state index in [-0.39, 0.29) is 47.1 Å². The number of nitrogens with one attached hydrogen (secondary N) is 3. The highest BCUT2D eigenvalue weighted by molar-refractivity contribution is 7.41. The van der Waals surface area contributed by atoms with Crippen LogP contribution in [0.3, 0.4) is 0 Å². The van der Waals surface area contributed by atoms with Crippen LogP contribution in [0.15, 0.2) is 54.1 Å². The number of nitrogens with zero attached hydrogens (tertiary/aromatic N) is 8. The summed E-state index contributed by atoms with van der Waals surface area (Å²) in [5, 5.41) is 46.0. The number of aromatic nitrogens is 8. The topological polar surface area (TPSA) is 343 Å². The van der Waals surface area contributed by atoms with Crippen molar-refractivity contribution in [3.05, 3.63) is 65.2 Å². The minimum atomic E-state index is -3.65. The van der Waals surface area contributed by atoms with Crippen LogP contribution in [-0.4, -0.2) is 129 Å². The van der Waals surface area contributed by atoms with Gasteiger partial charge in [-0.25, -0.2) is 19.9 Å². The Bertz CT molecular complexity index is 2520. The van der Waals surface area contributed by atoms with Crippen molar-refractivity contribution in [1.29, 1.82) is 5.26 Å². The molecule has 0 radical (unpaired) electrons. The second kappa shape index (κ2) is 20.5. The van der Waals surface area contributed by atoms with Crippen LogP contribution in [0.1, 0.15) is 43.1 Å². The van der Waals surface area contributed by atoms with Gasteiger partial charge in [0, 0.05) is 17.4 Å². The number of carbonyl (C=O) groups excluding carboxylic acids is 2. The second-order valence-corrected chi connectivity index (χ2v) is 16.4. The molecular formula is C36H43N11O14P2. The molecule has 0 spiro atoms. The van der Waals surface area contributed by atoms with E-state index in [0.29, 0.717) is 5.56 Å². The monoisotopic (exact) mass is 915 g/mol. The Morgan fingerprint density at radius 1 is 0.937 bits per heavy atom. The van der Waals surface area contributed by atoms with Gasteiger partial charge in [-0.2, -0.15) is 10.2 Å². The third-order valence-electron chi connectivity index (χ3n) is 10.1. The lowest BCUT2D eigenvalue weighted by atomic mass is 9.99. The largest absolute Gasteiger partial charge is 0.396 e. The van der Waals surface area contributed by atoms with E-state index in [2.05, 4.69) is 40.5 Å². The van der Waals surface area contributed by atoms with Gasteiger partial charge < -0.3 is 53.1 Å². The molecule has 2 aliphatic heterocycles. The minimum absolute atomic E-state index is 0.0371. The number of aliphatic hydroxyl groups is 3. The van der Waals surface area contributed by atoms with E-state index >= 15 is 0 Å². The highest BCUT2D eigenvalue weighted by Crippen LogP contribution is 2.50. The number of fused-ring (bicyclic) bond motifs is 2. The van der Waals surface area contributed by atoms with Crippen molar-refractivity contribution in [2.45, 2.75) is 57.1 Å². The number of rotatable bonds is 19. The molecule has 7 N–H and O–H groups in total. The molecule has 25 nitrogen and oxygen atoms in total. The Labute approximate surface area is 358 Å². The van der Waals surface area contributed by atoms with Crippen LogP contribution in [-0.2, 0) is 36.9 Å². The zero-order valence-corrected chi connectivity index (χ0v) is 35.3. The van der Waals surface area contributed by atoms with Gasteiger partial charge in [0.25, 0.3) is 11.5 Å². The van der Waals surface area contributed by atoms with Gasteiger partial charge in [-0.3, -0.25) is 38.4 Å². The van der Waals surface area contributed by atoms with Crippen molar-refractivity contribution in [3.63, 3.8) is 0 Å². The molecule has 10 unspecified atom stereocenters. The number of anilines is 2. The maximum absolute atomic E-state index is 13.0. The molecule has 2 amide bonds. The number of benzene rings is 1. The molecule has 2 fully saturated rings. The van der Waals surface area contributed by atoms with E-state index < -0.39 is 115 Å². The summed E-state index contributed by atoms with van der Waals surface area (Å²) in [6, 6.07) is 10.4. The lowest BCUT2D eigenvalue weighted by Crippen LogP contribution is -2.34. The lowest BCUT2D eigenvalue weighted by Gasteiger charge is -2.28. The molecule has 7 rings (SSSR count). The number of aromatic amines is 1. The Kier molecular flexibility index (Phi) is 14.9. The molecule has 2 aliphatic rings. The molecule has 1 aromatic carbocycles. The summed E-state index contributed by atoms with van der Waals surface area (Å²) in [6.07, 6.45) is -3.39. The fraction of sp³-hybridized carbons (Fsp3) is 0.472. The van der Waals surface area contributed by atoms with Crippen LogP contribution in [0.25, 0.3) is 22.3 Å². The van der Waals surface area contributed by atoms with Crippen molar-refractivity contribution in [3.8, 4) is 6.07 Å². The molecule has 63 heavy (non-hydrogen) atoms. The molecule has 4 aromatic heterocycles. The van der Waals surface area contributed by atoms with E-state index in [9.17, 15) is 44.4 Å². The molecule has 336 valence electrons. The SMILES string of the molecule is CC(C)C(=O)Nc1nc2c(ncn2C2OC(CO)C(CO)C2OP(OCCC#N)OCC2OC(n3cnc4c(NC(=O)c5ccccc5)ncnc43)C(CO)C2O[PH](=O)O)c(=O)[nH]1. The Morgan fingerprint density at radius 2 is 1.65 bits per heavy atom. The van der Waals surface area contributed by atoms with Crippen molar-refractivity contribution in [2.24, 2.45) is 17.8 Å². The predicted octanol–water partition coefficient (Wildman–Crippen LogP) is 1.14. The highest BCUT2D eigenvalue weighted by Gasteiger charge is 2.50. The number of ether oxygens (including phenoxy) is 2. The first kappa shape index (κ1) is 45.8. The number of hydrogen-bond donors (Lipinski definition) is 7. The average Bonchev–Trinajstić information content (AvgIpc) is 4.06. The number of aliphatic hydroxyl groups excluding tert-OH is 3. The zero-order chi connectivity index (χ0) is 44.8. The lowest BCUT2D eigenvalue weighted by molar-refractivity contribution is -0.118. The second-order valence-electron chi connectivity index (χ2n) is 14.4. The van der Waals surface area contributed by atoms with E-state index in [4.69, 9.17) is 27.6 Å². The molecule has 6 heterocycles. The molecule has 10 atom stereocenters. The third-order valence-corrected chi connectivity index (χ3v) is 11.8. The van der Waals surface area contributed by atoms with Crippen molar-refractivity contribution in [1.82, 2.24) is 39.0 Å². The number of hydrogen-bond acceptors (Lipinski definition) is 19. The summed E-state index contributed by atoms with van der Waals surface area (Å²) < 4.78 is 51.2. The molecule has 0 aliphatic carbocycles. The van der Waals surface area contributed by atoms with Gasteiger partial charge in [0.05, 0.1) is 70.2 Å². The van der Waals surface area contributed by atoms with Gasteiger partial charge in [-0.15, -0.1) is 0 Å². The fourth-order valence-corrected chi connectivity index (χ4v) is 8.76. The third kappa shape index (κ3) is 9.97. The van der Waals surface area contributed by atoms with Gasteiger partial charge in [0.15, 0.2) is 34.4 Å². The molecule has 5 aromatic rings.